The van der Waals surface area contributed by atoms with Crippen molar-refractivity contribution in [2.75, 3.05) is 6.61 Å². The zero-order chi connectivity index (χ0) is 14.5. The van der Waals surface area contributed by atoms with Gasteiger partial charge in [-0.25, -0.2) is 0 Å². The number of para-hydroxylation sites is 1. The molecule has 1 aromatic rings. The lowest BCUT2D eigenvalue weighted by Crippen LogP contribution is -2.48. The monoisotopic (exact) mass is 264 g/mol. The molecule has 0 atom stereocenters. The van der Waals surface area contributed by atoms with Gasteiger partial charge in [0.05, 0.1) is 12.1 Å². The van der Waals surface area contributed by atoms with Gasteiger partial charge in [0, 0.05) is 12.1 Å². The highest BCUT2D eigenvalue weighted by molar-refractivity contribution is 5.85. The number of benzene rings is 1. The van der Waals surface area contributed by atoms with Crippen molar-refractivity contribution in [3.8, 4) is 5.75 Å². The van der Waals surface area contributed by atoms with E-state index in [-0.39, 0.29) is 5.91 Å². The lowest BCUT2D eigenvalue weighted by Gasteiger charge is -2.19. The largest absolute Gasteiger partial charge is 0.493 e. The lowest BCUT2D eigenvalue weighted by molar-refractivity contribution is -0.125. The Kier molecular flexibility index (Phi) is 5.36. The van der Waals surface area contributed by atoms with Gasteiger partial charge in [0.15, 0.2) is 0 Å². The summed E-state index contributed by atoms with van der Waals surface area (Å²) in [7, 11) is 0. The average Bonchev–Trinajstić information content (AvgIpc) is 2.33. The smallest absolute Gasteiger partial charge is 0.239 e. The van der Waals surface area contributed by atoms with Gasteiger partial charge < -0.3 is 15.8 Å². The molecule has 4 nitrogen and oxygen atoms in total. The molecule has 1 aromatic carbocycles. The van der Waals surface area contributed by atoms with Crippen molar-refractivity contribution in [3.05, 3.63) is 29.8 Å². The van der Waals surface area contributed by atoms with Crippen LogP contribution in [0.1, 0.15) is 33.3 Å². The highest BCUT2D eigenvalue weighted by Crippen LogP contribution is 2.18. The number of hydrogen-bond acceptors (Lipinski definition) is 3. The first-order chi connectivity index (χ1) is 8.80. The van der Waals surface area contributed by atoms with Crippen molar-refractivity contribution in [1.29, 1.82) is 0 Å². The molecule has 0 aliphatic rings. The summed E-state index contributed by atoms with van der Waals surface area (Å²) in [6, 6.07) is 7.71. The van der Waals surface area contributed by atoms with Gasteiger partial charge in [-0.2, -0.15) is 0 Å². The van der Waals surface area contributed by atoms with Crippen LogP contribution in [0.25, 0.3) is 0 Å². The fraction of sp³-hybridized carbons (Fsp3) is 0.533. The summed E-state index contributed by atoms with van der Waals surface area (Å²) >= 11 is 0. The van der Waals surface area contributed by atoms with Gasteiger partial charge in [-0.3, -0.25) is 4.79 Å². The minimum atomic E-state index is -0.867. The minimum Gasteiger partial charge on any atom is -0.493 e. The molecule has 106 valence electrons. The molecular formula is C15H24N2O2. The van der Waals surface area contributed by atoms with E-state index in [1.807, 2.05) is 24.3 Å². The highest BCUT2D eigenvalue weighted by atomic mass is 16.5. The molecule has 1 rings (SSSR count). The molecule has 0 aliphatic carbocycles. The first-order valence-electron chi connectivity index (χ1n) is 6.58. The van der Waals surface area contributed by atoms with Crippen LogP contribution in [0, 0.1) is 5.92 Å². The Balaban J connectivity index is 2.65. The van der Waals surface area contributed by atoms with Crippen LogP contribution in [0.4, 0.5) is 0 Å². The van der Waals surface area contributed by atoms with E-state index in [0.29, 0.717) is 19.1 Å². The second-order valence-corrected chi connectivity index (χ2v) is 5.72. The fourth-order valence-electron chi connectivity index (χ4n) is 1.45. The van der Waals surface area contributed by atoms with Crippen molar-refractivity contribution in [3.63, 3.8) is 0 Å². The molecule has 0 unspecified atom stereocenters. The number of nitrogens with two attached hydrogens (primary N) is 1. The standard InChI is InChI=1S/C15H24N2O2/c1-11(2)10-19-13-8-6-5-7-12(13)9-17-14(18)15(3,4)16/h5-8,11H,9-10,16H2,1-4H3,(H,17,18). The minimum absolute atomic E-state index is 0.175. The van der Waals surface area contributed by atoms with Crippen molar-refractivity contribution in [1.82, 2.24) is 5.32 Å². The number of amides is 1. The lowest BCUT2D eigenvalue weighted by atomic mass is 10.1. The second-order valence-electron chi connectivity index (χ2n) is 5.72. The third-order valence-corrected chi connectivity index (χ3v) is 2.57. The molecule has 0 bridgehead atoms. The molecule has 4 heteroatoms. The zero-order valence-corrected chi connectivity index (χ0v) is 12.2. The van der Waals surface area contributed by atoms with Crippen LogP contribution in [0.5, 0.6) is 5.75 Å². The predicted molar refractivity (Wildman–Crippen MR) is 76.9 cm³/mol. The Bertz CT molecular complexity index is 422. The molecule has 0 spiro atoms. The first-order valence-corrected chi connectivity index (χ1v) is 6.58. The highest BCUT2D eigenvalue weighted by Gasteiger charge is 2.21. The molecule has 1 amide bonds. The molecule has 0 heterocycles. The van der Waals surface area contributed by atoms with Crippen LogP contribution in [-0.2, 0) is 11.3 Å². The van der Waals surface area contributed by atoms with Gasteiger partial charge in [-0.1, -0.05) is 32.0 Å². The van der Waals surface area contributed by atoms with E-state index in [0.717, 1.165) is 11.3 Å². The molecule has 0 radical (unpaired) electrons. The van der Waals surface area contributed by atoms with Gasteiger partial charge in [0.25, 0.3) is 0 Å². The Morgan fingerprint density at radius 1 is 1.37 bits per heavy atom. The first kappa shape index (κ1) is 15.5. The van der Waals surface area contributed by atoms with E-state index in [2.05, 4.69) is 19.2 Å². The van der Waals surface area contributed by atoms with E-state index in [4.69, 9.17) is 10.5 Å². The molecular weight excluding hydrogens is 240 g/mol. The van der Waals surface area contributed by atoms with E-state index >= 15 is 0 Å². The predicted octanol–water partition coefficient (Wildman–Crippen LogP) is 2.07. The number of nitrogens with one attached hydrogen (secondary N) is 1. The molecule has 0 saturated heterocycles. The molecule has 0 aromatic heterocycles. The van der Waals surface area contributed by atoms with Crippen molar-refractivity contribution in [2.24, 2.45) is 11.7 Å². The Hall–Kier alpha value is -1.55. The normalized spacial score (nSPS) is 11.5. The van der Waals surface area contributed by atoms with Gasteiger partial charge >= 0.3 is 0 Å². The van der Waals surface area contributed by atoms with Crippen LogP contribution in [-0.4, -0.2) is 18.1 Å². The van der Waals surface area contributed by atoms with Crippen molar-refractivity contribution in [2.45, 2.75) is 39.8 Å². The van der Waals surface area contributed by atoms with E-state index in [9.17, 15) is 4.79 Å². The average molecular weight is 264 g/mol. The van der Waals surface area contributed by atoms with Crippen molar-refractivity contribution >= 4 is 5.91 Å². The Morgan fingerprint density at radius 2 is 2.00 bits per heavy atom. The van der Waals surface area contributed by atoms with E-state index < -0.39 is 5.54 Å². The topological polar surface area (TPSA) is 64.3 Å². The van der Waals surface area contributed by atoms with Crippen LogP contribution in [0.2, 0.25) is 0 Å². The fourth-order valence-corrected chi connectivity index (χ4v) is 1.45. The van der Waals surface area contributed by atoms with Crippen LogP contribution in [0.15, 0.2) is 24.3 Å². The Labute approximate surface area is 115 Å². The quantitative estimate of drug-likeness (QED) is 0.826. The third-order valence-electron chi connectivity index (χ3n) is 2.57. The van der Waals surface area contributed by atoms with Crippen LogP contribution < -0.4 is 15.8 Å². The third kappa shape index (κ3) is 5.30. The van der Waals surface area contributed by atoms with E-state index in [1.54, 1.807) is 13.8 Å². The summed E-state index contributed by atoms with van der Waals surface area (Å²) < 4.78 is 5.73. The molecule has 0 saturated carbocycles. The second kappa shape index (κ2) is 6.57. The summed E-state index contributed by atoms with van der Waals surface area (Å²) in [6.45, 7) is 8.65. The van der Waals surface area contributed by atoms with Gasteiger partial charge in [0.2, 0.25) is 5.91 Å². The van der Waals surface area contributed by atoms with E-state index in [1.165, 1.54) is 0 Å². The maximum atomic E-state index is 11.7. The number of ether oxygens (including phenoxy) is 1. The van der Waals surface area contributed by atoms with Gasteiger partial charge in [-0.05, 0) is 25.8 Å². The summed E-state index contributed by atoms with van der Waals surface area (Å²) in [5, 5.41) is 2.82. The number of rotatable bonds is 6. The maximum Gasteiger partial charge on any atom is 0.239 e. The molecule has 0 fully saturated rings. The number of hydrogen-bond donors (Lipinski definition) is 2. The molecule has 3 N–H and O–H groups in total. The summed E-state index contributed by atoms with van der Waals surface area (Å²) in [5.41, 5.74) is 5.83. The summed E-state index contributed by atoms with van der Waals surface area (Å²) in [6.07, 6.45) is 0. The van der Waals surface area contributed by atoms with Gasteiger partial charge in [-0.15, -0.1) is 0 Å². The number of carbonyl (C=O) groups excluding carboxylic acids is 1. The summed E-state index contributed by atoms with van der Waals surface area (Å²) in [4.78, 5) is 11.7. The van der Waals surface area contributed by atoms with Crippen LogP contribution in [0.3, 0.4) is 0 Å². The Morgan fingerprint density at radius 3 is 2.58 bits per heavy atom. The SMILES string of the molecule is CC(C)COc1ccccc1CNC(=O)C(C)(C)N. The van der Waals surface area contributed by atoms with Gasteiger partial charge in [0.1, 0.15) is 5.75 Å². The van der Waals surface area contributed by atoms with Crippen LogP contribution >= 0.6 is 0 Å². The molecule has 0 aliphatic heterocycles. The zero-order valence-electron chi connectivity index (χ0n) is 12.2. The van der Waals surface area contributed by atoms with Crippen molar-refractivity contribution < 1.29 is 9.53 Å². The number of carbonyl (C=O) groups is 1. The molecule has 19 heavy (non-hydrogen) atoms. The summed E-state index contributed by atoms with van der Waals surface area (Å²) in [5.74, 6) is 1.10. The maximum absolute atomic E-state index is 11.7.